The van der Waals surface area contributed by atoms with Crippen LogP contribution in [0.2, 0.25) is 0 Å². The summed E-state index contributed by atoms with van der Waals surface area (Å²) in [5, 5.41) is -0.00100. The average molecular weight is 462 g/mol. The van der Waals surface area contributed by atoms with Crippen LogP contribution in [-0.4, -0.2) is 59.0 Å². The van der Waals surface area contributed by atoms with Crippen molar-refractivity contribution in [1.29, 1.82) is 0 Å². The molecule has 0 radical (unpaired) electrons. The molecule has 0 spiro atoms. The topological polar surface area (TPSA) is 145 Å². The first-order valence-electron chi connectivity index (χ1n) is 9.87. The summed E-state index contributed by atoms with van der Waals surface area (Å²) in [5.74, 6) is -2.24. The Labute approximate surface area is 184 Å². The van der Waals surface area contributed by atoms with Crippen molar-refractivity contribution in [3.63, 3.8) is 0 Å². The molecule has 4 unspecified atom stereocenters. The lowest BCUT2D eigenvalue weighted by molar-refractivity contribution is -0.147. The molecule has 32 heavy (non-hydrogen) atoms. The molecule has 1 aliphatic heterocycles. The molecule has 3 rings (SSSR count). The standard InChI is InChI=1S/C20H22N4O7S/c1-3-30-19(25)17-15(13-9-5-7-11-21-13)24(23-27)16(14-10-6-8-12-22-14)18(32(17,28)29)20(26)31-4-2/h5-12,15-18H,3-4H2,1-2H3. The number of ether oxygens (including phenoxy) is 2. The molecule has 2 aromatic rings. The van der Waals surface area contributed by atoms with E-state index in [-0.39, 0.29) is 24.6 Å². The van der Waals surface area contributed by atoms with Gasteiger partial charge in [-0.15, -0.1) is 4.91 Å². The zero-order valence-electron chi connectivity index (χ0n) is 17.4. The number of esters is 2. The fourth-order valence-corrected chi connectivity index (χ4v) is 5.96. The molecule has 0 bridgehead atoms. The van der Waals surface area contributed by atoms with E-state index >= 15 is 0 Å². The van der Waals surface area contributed by atoms with E-state index in [9.17, 15) is 22.9 Å². The van der Waals surface area contributed by atoms with Gasteiger partial charge in [0.15, 0.2) is 20.3 Å². The van der Waals surface area contributed by atoms with E-state index in [2.05, 4.69) is 15.3 Å². The zero-order valence-corrected chi connectivity index (χ0v) is 18.2. The van der Waals surface area contributed by atoms with Gasteiger partial charge in [-0.1, -0.05) is 12.1 Å². The lowest BCUT2D eigenvalue weighted by atomic mass is 10.0. The Bertz CT molecular complexity index is 990. The first kappa shape index (κ1) is 23.3. The Morgan fingerprint density at radius 3 is 1.66 bits per heavy atom. The van der Waals surface area contributed by atoms with Crippen molar-refractivity contribution in [2.24, 2.45) is 5.29 Å². The number of carbonyl (C=O) groups excluding carboxylic acids is 2. The van der Waals surface area contributed by atoms with Crippen LogP contribution in [-0.2, 0) is 28.9 Å². The molecular weight excluding hydrogens is 440 g/mol. The van der Waals surface area contributed by atoms with E-state index < -0.39 is 44.4 Å². The maximum atomic E-state index is 13.7. The predicted octanol–water partition coefficient (Wildman–Crippen LogP) is 1.53. The van der Waals surface area contributed by atoms with E-state index in [0.29, 0.717) is 0 Å². The minimum Gasteiger partial charge on any atom is -0.465 e. The largest absolute Gasteiger partial charge is 0.465 e. The van der Waals surface area contributed by atoms with Gasteiger partial charge >= 0.3 is 11.9 Å². The number of carbonyl (C=O) groups is 2. The number of pyridine rings is 2. The summed E-state index contributed by atoms with van der Waals surface area (Å²) in [7, 11) is -4.61. The SMILES string of the molecule is CCOC(=O)C1C(c2ccccn2)N(N=O)C(c2ccccn2)C(C(=O)OCC)S1(=O)=O. The smallest absolute Gasteiger partial charge is 0.327 e. The molecule has 1 saturated heterocycles. The van der Waals surface area contributed by atoms with Crippen molar-refractivity contribution in [3.8, 4) is 0 Å². The van der Waals surface area contributed by atoms with Crippen molar-refractivity contribution in [3.05, 3.63) is 65.1 Å². The molecule has 12 heteroatoms. The van der Waals surface area contributed by atoms with Crippen LogP contribution < -0.4 is 0 Å². The number of nitroso groups, excluding NO2 is 1. The van der Waals surface area contributed by atoms with Gasteiger partial charge in [0.1, 0.15) is 12.1 Å². The normalized spacial score (nSPS) is 24.4. The van der Waals surface area contributed by atoms with Gasteiger partial charge in [-0.05, 0) is 38.1 Å². The van der Waals surface area contributed by atoms with Gasteiger partial charge in [0.05, 0.1) is 29.9 Å². The third-order valence-corrected chi connectivity index (χ3v) is 7.28. The molecule has 3 heterocycles. The lowest BCUT2D eigenvalue weighted by Gasteiger charge is -2.43. The molecule has 0 aromatic carbocycles. The molecule has 2 aromatic heterocycles. The van der Waals surface area contributed by atoms with Crippen molar-refractivity contribution in [2.45, 2.75) is 36.4 Å². The van der Waals surface area contributed by atoms with Gasteiger partial charge in [-0.3, -0.25) is 19.6 Å². The number of hydrogen-bond acceptors (Lipinski definition) is 10. The van der Waals surface area contributed by atoms with Crippen molar-refractivity contribution in [2.75, 3.05) is 13.2 Å². The highest BCUT2D eigenvalue weighted by Gasteiger charge is 2.62. The Kier molecular flexibility index (Phi) is 7.13. The van der Waals surface area contributed by atoms with E-state index in [1.54, 1.807) is 24.3 Å². The Morgan fingerprint density at radius 1 is 0.906 bits per heavy atom. The van der Waals surface area contributed by atoms with Crippen LogP contribution in [0.5, 0.6) is 0 Å². The van der Waals surface area contributed by atoms with Crippen LogP contribution in [0.25, 0.3) is 0 Å². The first-order valence-corrected chi connectivity index (χ1v) is 11.5. The van der Waals surface area contributed by atoms with Crippen LogP contribution >= 0.6 is 0 Å². The molecule has 0 aliphatic carbocycles. The molecule has 0 N–H and O–H groups in total. The maximum Gasteiger partial charge on any atom is 0.327 e. The Hall–Kier alpha value is -3.41. The summed E-state index contributed by atoms with van der Waals surface area (Å²) in [6.07, 6.45) is 2.78. The zero-order chi connectivity index (χ0) is 23.3. The van der Waals surface area contributed by atoms with E-state index in [0.717, 1.165) is 5.01 Å². The number of sulfone groups is 1. The summed E-state index contributed by atoms with van der Waals surface area (Å²) in [5.41, 5.74) is 0.189. The summed E-state index contributed by atoms with van der Waals surface area (Å²) in [6, 6.07) is 6.37. The maximum absolute atomic E-state index is 13.7. The number of rotatable bonds is 7. The third-order valence-electron chi connectivity index (χ3n) is 4.97. The van der Waals surface area contributed by atoms with Gasteiger partial charge in [0.2, 0.25) is 0 Å². The van der Waals surface area contributed by atoms with Gasteiger partial charge in [-0.25, -0.2) is 13.4 Å². The monoisotopic (exact) mass is 462 g/mol. The van der Waals surface area contributed by atoms with E-state index in [4.69, 9.17) is 9.47 Å². The molecule has 0 saturated carbocycles. The predicted molar refractivity (Wildman–Crippen MR) is 111 cm³/mol. The quantitative estimate of drug-likeness (QED) is 0.438. The highest BCUT2D eigenvalue weighted by Crippen LogP contribution is 2.45. The minimum absolute atomic E-state index is 0.0944. The Balaban J connectivity index is 2.30. The first-order chi connectivity index (χ1) is 15.4. The van der Waals surface area contributed by atoms with E-state index in [1.807, 2.05) is 0 Å². The van der Waals surface area contributed by atoms with Crippen LogP contribution in [0.15, 0.2) is 54.1 Å². The van der Waals surface area contributed by atoms with Gasteiger partial charge in [0.25, 0.3) is 0 Å². The highest BCUT2D eigenvalue weighted by molar-refractivity contribution is 7.94. The molecular formula is C20H22N4O7S. The summed E-state index contributed by atoms with van der Waals surface area (Å²) < 4.78 is 37.5. The number of aromatic nitrogens is 2. The number of nitrogens with zero attached hydrogens (tertiary/aromatic N) is 4. The van der Waals surface area contributed by atoms with Crippen molar-refractivity contribution < 1.29 is 27.5 Å². The second-order valence-electron chi connectivity index (χ2n) is 6.79. The number of hydrogen-bond donors (Lipinski definition) is 0. The molecule has 0 amide bonds. The Morgan fingerprint density at radius 2 is 1.34 bits per heavy atom. The third kappa shape index (κ3) is 4.17. The molecule has 170 valence electrons. The fraction of sp³-hybridized carbons (Fsp3) is 0.400. The lowest BCUT2D eigenvalue weighted by Crippen LogP contribution is -2.59. The second kappa shape index (κ2) is 9.81. The molecule has 4 atom stereocenters. The van der Waals surface area contributed by atoms with Crippen LogP contribution in [0, 0.1) is 4.91 Å². The molecule has 1 aliphatic rings. The van der Waals surface area contributed by atoms with Crippen molar-refractivity contribution in [1.82, 2.24) is 15.0 Å². The van der Waals surface area contributed by atoms with Crippen molar-refractivity contribution >= 4 is 21.8 Å². The van der Waals surface area contributed by atoms with Gasteiger partial charge in [0, 0.05) is 12.4 Å². The molecule has 1 fully saturated rings. The highest BCUT2D eigenvalue weighted by atomic mass is 32.2. The van der Waals surface area contributed by atoms with Gasteiger partial charge < -0.3 is 9.47 Å². The van der Waals surface area contributed by atoms with Crippen LogP contribution in [0.4, 0.5) is 0 Å². The average Bonchev–Trinajstić information content (AvgIpc) is 2.79. The van der Waals surface area contributed by atoms with Crippen LogP contribution in [0.3, 0.4) is 0 Å². The molecule has 11 nitrogen and oxygen atoms in total. The van der Waals surface area contributed by atoms with Crippen LogP contribution in [0.1, 0.15) is 37.3 Å². The van der Waals surface area contributed by atoms with E-state index in [1.165, 1.54) is 38.4 Å². The fourth-order valence-electron chi connectivity index (χ4n) is 3.73. The second-order valence-corrected chi connectivity index (χ2v) is 8.99. The summed E-state index contributed by atoms with van der Waals surface area (Å²) >= 11 is 0. The summed E-state index contributed by atoms with van der Waals surface area (Å²) in [6.45, 7) is 2.81. The summed E-state index contributed by atoms with van der Waals surface area (Å²) in [4.78, 5) is 46.1. The minimum atomic E-state index is -4.61. The van der Waals surface area contributed by atoms with Gasteiger partial charge in [-0.2, -0.15) is 0 Å².